The van der Waals surface area contributed by atoms with Gasteiger partial charge in [-0.1, -0.05) is 77.0 Å². The fourth-order valence-corrected chi connectivity index (χ4v) is 5.46. The standard InChI is InChI=1S/C14H26.C2H6O6S2/c1-2-6-10-13(9-5-1)14-11-7-3-4-8-12-14;3-9(4,5)1-2-10(6,7)8/h13-14H,1-12H2;1-2H2,(H,3,4,5)(H,6,7,8). The van der Waals surface area contributed by atoms with Gasteiger partial charge in [0.25, 0.3) is 20.2 Å². The lowest BCUT2D eigenvalue weighted by Gasteiger charge is -2.24. The van der Waals surface area contributed by atoms with Gasteiger partial charge >= 0.3 is 0 Å². The van der Waals surface area contributed by atoms with E-state index in [9.17, 15) is 16.8 Å². The second-order valence-electron chi connectivity index (χ2n) is 7.08. The molecule has 2 aliphatic rings. The van der Waals surface area contributed by atoms with Gasteiger partial charge in [0.1, 0.15) is 0 Å². The maximum absolute atomic E-state index is 9.86. The lowest BCUT2D eigenvalue weighted by Crippen LogP contribution is -2.15. The molecule has 0 radical (unpaired) electrons. The normalized spacial score (nSPS) is 22.1. The molecule has 24 heavy (non-hydrogen) atoms. The van der Waals surface area contributed by atoms with E-state index in [-0.39, 0.29) is 0 Å². The molecule has 6 nitrogen and oxygen atoms in total. The molecule has 8 heteroatoms. The van der Waals surface area contributed by atoms with E-state index in [1.54, 1.807) is 25.7 Å². The van der Waals surface area contributed by atoms with Gasteiger partial charge in [-0.25, -0.2) is 0 Å². The molecule has 0 amide bonds. The van der Waals surface area contributed by atoms with Crippen molar-refractivity contribution >= 4 is 20.2 Å². The lowest BCUT2D eigenvalue weighted by atomic mass is 9.81. The smallest absolute Gasteiger partial charge is 0.265 e. The summed E-state index contributed by atoms with van der Waals surface area (Å²) in [6, 6.07) is 0. The average Bonchev–Trinajstić information content (AvgIpc) is 2.89. The van der Waals surface area contributed by atoms with Crippen LogP contribution in [-0.4, -0.2) is 37.4 Å². The van der Waals surface area contributed by atoms with Crippen LogP contribution in [0.2, 0.25) is 0 Å². The predicted octanol–water partition coefficient (Wildman–Crippen LogP) is 3.69. The summed E-state index contributed by atoms with van der Waals surface area (Å²) in [5, 5.41) is 0. The van der Waals surface area contributed by atoms with E-state index in [1.165, 1.54) is 51.4 Å². The van der Waals surface area contributed by atoms with Gasteiger partial charge < -0.3 is 0 Å². The first-order valence-corrected chi connectivity index (χ1v) is 12.3. The minimum absolute atomic E-state index is 0.980. The van der Waals surface area contributed by atoms with Crippen molar-refractivity contribution in [3.63, 3.8) is 0 Å². The third-order valence-electron chi connectivity index (χ3n) is 5.07. The molecule has 0 aliphatic heterocycles. The highest BCUT2D eigenvalue weighted by Crippen LogP contribution is 2.36. The molecule has 2 fully saturated rings. The molecule has 144 valence electrons. The van der Waals surface area contributed by atoms with Crippen molar-refractivity contribution in [3.8, 4) is 0 Å². The molecule has 0 aromatic heterocycles. The first-order valence-electron chi connectivity index (χ1n) is 9.08. The minimum atomic E-state index is -4.30. The van der Waals surface area contributed by atoms with Crippen LogP contribution in [0.15, 0.2) is 0 Å². The van der Waals surface area contributed by atoms with Gasteiger partial charge in [-0.2, -0.15) is 16.8 Å². The zero-order valence-corrected chi connectivity index (χ0v) is 16.0. The fraction of sp³-hybridized carbons (Fsp3) is 1.00. The summed E-state index contributed by atoms with van der Waals surface area (Å²) in [6.07, 6.45) is 18.4. The monoisotopic (exact) mass is 384 g/mol. The van der Waals surface area contributed by atoms with E-state index in [4.69, 9.17) is 9.11 Å². The number of hydrogen-bond acceptors (Lipinski definition) is 4. The zero-order valence-electron chi connectivity index (χ0n) is 14.4. The highest BCUT2D eigenvalue weighted by atomic mass is 32.2. The quantitative estimate of drug-likeness (QED) is 0.565. The zero-order chi connectivity index (χ0) is 18.1. The Hall–Kier alpha value is -0.180. The minimum Gasteiger partial charge on any atom is -0.286 e. The van der Waals surface area contributed by atoms with Crippen molar-refractivity contribution in [2.75, 3.05) is 11.5 Å². The van der Waals surface area contributed by atoms with Crippen molar-refractivity contribution < 1.29 is 25.9 Å². The van der Waals surface area contributed by atoms with Crippen molar-refractivity contribution in [1.82, 2.24) is 0 Å². The van der Waals surface area contributed by atoms with Crippen LogP contribution in [-0.2, 0) is 20.2 Å². The molecular formula is C16H32O6S2. The van der Waals surface area contributed by atoms with Crippen LogP contribution >= 0.6 is 0 Å². The Balaban J connectivity index is 0.000000257. The van der Waals surface area contributed by atoms with Crippen molar-refractivity contribution in [2.24, 2.45) is 11.8 Å². The second kappa shape index (κ2) is 10.7. The molecule has 0 bridgehead atoms. The van der Waals surface area contributed by atoms with Gasteiger partial charge in [0.05, 0.1) is 11.5 Å². The van der Waals surface area contributed by atoms with Crippen LogP contribution in [0.5, 0.6) is 0 Å². The van der Waals surface area contributed by atoms with Gasteiger partial charge in [0, 0.05) is 0 Å². The number of rotatable bonds is 4. The molecule has 0 aromatic carbocycles. The molecule has 0 atom stereocenters. The lowest BCUT2D eigenvalue weighted by molar-refractivity contribution is 0.269. The summed E-state index contributed by atoms with van der Waals surface area (Å²) in [5.74, 6) is 0.281. The molecule has 0 saturated heterocycles. The topological polar surface area (TPSA) is 109 Å². The Morgan fingerprint density at radius 1 is 0.542 bits per heavy atom. The Morgan fingerprint density at radius 2 is 0.792 bits per heavy atom. The highest BCUT2D eigenvalue weighted by molar-refractivity contribution is 7.89. The van der Waals surface area contributed by atoms with Crippen LogP contribution in [0.3, 0.4) is 0 Å². The van der Waals surface area contributed by atoms with Crippen LogP contribution in [0, 0.1) is 11.8 Å². The third-order valence-corrected chi connectivity index (χ3v) is 6.76. The maximum Gasteiger partial charge on any atom is 0.265 e. The highest BCUT2D eigenvalue weighted by Gasteiger charge is 2.23. The van der Waals surface area contributed by atoms with Crippen molar-refractivity contribution in [2.45, 2.75) is 77.0 Å². The van der Waals surface area contributed by atoms with Gasteiger partial charge in [-0.15, -0.1) is 0 Å². The van der Waals surface area contributed by atoms with Gasteiger partial charge in [-0.3, -0.25) is 9.11 Å². The van der Waals surface area contributed by atoms with E-state index >= 15 is 0 Å². The van der Waals surface area contributed by atoms with E-state index in [1.807, 2.05) is 0 Å². The van der Waals surface area contributed by atoms with Crippen LogP contribution in [0.25, 0.3) is 0 Å². The van der Waals surface area contributed by atoms with Gasteiger partial charge in [0.2, 0.25) is 0 Å². The van der Waals surface area contributed by atoms with E-state index < -0.39 is 31.7 Å². The molecule has 0 heterocycles. The summed E-state index contributed by atoms with van der Waals surface area (Å²) in [7, 11) is -8.59. The number of hydrogen-bond donors (Lipinski definition) is 2. The van der Waals surface area contributed by atoms with Crippen LogP contribution in [0.1, 0.15) is 77.0 Å². The molecule has 2 rings (SSSR count). The maximum atomic E-state index is 9.86. The largest absolute Gasteiger partial charge is 0.286 e. The molecule has 2 N–H and O–H groups in total. The molecule has 0 unspecified atom stereocenters. The average molecular weight is 385 g/mol. The second-order valence-corrected chi connectivity index (χ2v) is 10.2. The van der Waals surface area contributed by atoms with Gasteiger partial charge in [0.15, 0.2) is 0 Å². The van der Waals surface area contributed by atoms with Gasteiger partial charge in [-0.05, 0) is 11.8 Å². The molecule has 0 aromatic rings. The molecule has 2 aliphatic carbocycles. The van der Waals surface area contributed by atoms with E-state index in [0.717, 1.165) is 11.8 Å². The fourth-order valence-electron chi connectivity index (χ4n) is 3.78. The Labute approximate surface area is 146 Å². The Bertz CT molecular complexity index is 475. The van der Waals surface area contributed by atoms with Crippen molar-refractivity contribution in [1.29, 1.82) is 0 Å². The third kappa shape index (κ3) is 11.4. The first kappa shape index (κ1) is 21.9. The molecular weight excluding hydrogens is 352 g/mol. The summed E-state index contributed by atoms with van der Waals surface area (Å²) in [4.78, 5) is 0. The SMILES string of the molecule is C1CCCC(C2CCCCCC2)CC1.O=S(=O)(O)CCS(=O)(=O)O. The first-order chi connectivity index (χ1) is 11.2. The predicted molar refractivity (Wildman–Crippen MR) is 95.2 cm³/mol. The summed E-state index contributed by atoms with van der Waals surface area (Å²) in [6.45, 7) is 0. The van der Waals surface area contributed by atoms with Crippen molar-refractivity contribution in [3.05, 3.63) is 0 Å². The summed E-state index contributed by atoms with van der Waals surface area (Å²) in [5.41, 5.74) is 0. The summed E-state index contributed by atoms with van der Waals surface area (Å²) < 4.78 is 55.4. The molecule has 0 spiro atoms. The van der Waals surface area contributed by atoms with E-state index in [2.05, 4.69) is 0 Å². The van der Waals surface area contributed by atoms with E-state index in [0.29, 0.717) is 0 Å². The van der Waals surface area contributed by atoms with Crippen LogP contribution < -0.4 is 0 Å². The Kier molecular flexibility index (Phi) is 9.77. The summed E-state index contributed by atoms with van der Waals surface area (Å²) >= 11 is 0. The van der Waals surface area contributed by atoms with Crippen LogP contribution in [0.4, 0.5) is 0 Å². The Morgan fingerprint density at radius 3 is 1.00 bits per heavy atom. The molecule has 2 saturated carbocycles.